The summed E-state index contributed by atoms with van der Waals surface area (Å²) < 4.78 is 32.2. The van der Waals surface area contributed by atoms with Gasteiger partial charge in [0.15, 0.2) is 0 Å². The molecule has 19 heavy (non-hydrogen) atoms. The number of rotatable bonds is 1. The van der Waals surface area contributed by atoms with Gasteiger partial charge < -0.3 is 0 Å². The van der Waals surface area contributed by atoms with Gasteiger partial charge in [-0.2, -0.15) is 8.42 Å². The van der Waals surface area contributed by atoms with Crippen LogP contribution in [0.15, 0.2) is 41.3 Å². The summed E-state index contributed by atoms with van der Waals surface area (Å²) in [7, 11) is -4.31. The van der Waals surface area contributed by atoms with E-state index in [2.05, 4.69) is 0 Å². The Bertz CT molecular complexity index is 756. The first-order valence-corrected chi connectivity index (χ1v) is 7.17. The average Bonchev–Trinajstić information content (AvgIpc) is 2.64. The summed E-state index contributed by atoms with van der Waals surface area (Å²) in [5.74, 6) is 0. The van der Waals surface area contributed by atoms with E-state index in [9.17, 15) is 13.0 Å². The molecule has 1 aliphatic carbocycles. The number of benzene rings is 2. The molecule has 0 saturated carbocycles. The standard InChI is InChI=1S/C13H9ClO3S.K.H/c14-12-6-5-10-9-4-2-1-3-8(9)7-11(10)13(12)18(15,16)17;;/h1-6H,7H2,(H,15,16,17);;. The second-order valence-corrected chi connectivity index (χ2v) is 5.98. The molecule has 0 radical (unpaired) electrons. The third-order valence-electron chi connectivity index (χ3n) is 3.15. The first-order chi connectivity index (χ1) is 8.48. The Balaban J connectivity index is 0.00000133. The van der Waals surface area contributed by atoms with Crippen LogP contribution in [0.1, 0.15) is 11.1 Å². The van der Waals surface area contributed by atoms with Crippen LogP contribution in [0.2, 0.25) is 5.02 Å². The van der Waals surface area contributed by atoms with Gasteiger partial charge in [-0.3, -0.25) is 4.55 Å². The molecule has 1 N–H and O–H groups in total. The topological polar surface area (TPSA) is 54.4 Å². The molecule has 3 rings (SSSR count). The molecule has 94 valence electrons. The van der Waals surface area contributed by atoms with E-state index in [-0.39, 0.29) is 61.3 Å². The maximum absolute atomic E-state index is 11.4. The SMILES string of the molecule is O=S(=O)(O)c1c(Cl)ccc2c1Cc1ccccc1-2.[KH]. The van der Waals surface area contributed by atoms with E-state index in [0.717, 1.165) is 16.7 Å². The predicted octanol–water partition coefficient (Wildman–Crippen LogP) is 2.51. The zero-order valence-electron chi connectivity index (χ0n) is 9.22. The minimum absolute atomic E-state index is 0. The number of hydrogen-bond donors (Lipinski definition) is 1. The van der Waals surface area contributed by atoms with Gasteiger partial charge in [-0.15, -0.1) is 0 Å². The fourth-order valence-corrected chi connectivity index (χ4v) is 3.71. The van der Waals surface area contributed by atoms with Crippen molar-refractivity contribution in [3.05, 3.63) is 52.5 Å². The fraction of sp³-hybridized carbons (Fsp3) is 0.0769. The summed E-state index contributed by atoms with van der Waals surface area (Å²) in [5.41, 5.74) is 3.43. The van der Waals surface area contributed by atoms with Gasteiger partial charge in [-0.25, -0.2) is 0 Å². The quantitative estimate of drug-likeness (QED) is 0.553. The molecule has 1 aliphatic rings. The Kier molecular flexibility index (Phi) is 4.60. The van der Waals surface area contributed by atoms with E-state index >= 15 is 0 Å². The van der Waals surface area contributed by atoms with Crippen LogP contribution in [-0.4, -0.2) is 64.4 Å². The van der Waals surface area contributed by atoms with Crippen molar-refractivity contribution in [3.63, 3.8) is 0 Å². The maximum atomic E-state index is 11.4. The molecule has 6 heteroatoms. The van der Waals surface area contributed by atoms with Crippen LogP contribution in [0.3, 0.4) is 0 Å². The van der Waals surface area contributed by atoms with Crippen molar-refractivity contribution in [1.29, 1.82) is 0 Å². The Morgan fingerprint density at radius 1 is 1.05 bits per heavy atom. The van der Waals surface area contributed by atoms with Crippen molar-refractivity contribution in [1.82, 2.24) is 0 Å². The molecular weight excluding hydrogens is 311 g/mol. The second kappa shape index (κ2) is 5.58. The molecule has 0 atom stereocenters. The normalized spacial score (nSPS) is 12.5. The van der Waals surface area contributed by atoms with Gasteiger partial charge in [0.1, 0.15) is 4.90 Å². The molecular formula is C13H10ClKO3S. The van der Waals surface area contributed by atoms with Crippen LogP contribution < -0.4 is 0 Å². The van der Waals surface area contributed by atoms with E-state index in [4.69, 9.17) is 11.6 Å². The van der Waals surface area contributed by atoms with Crippen molar-refractivity contribution in [2.45, 2.75) is 11.3 Å². The Morgan fingerprint density at radius 3 is 2.42 bits per heavy atom. The minimum atomic E-state index is -4.31. The van der Waals surface area contributed by atoms with Crippen LogP contribution in [-0.2, 0) is 16.5 Å². The van der Waals surface area contributed by atoms with Gasteiger partial charge in [0.25, 0.3) is 10.1 Å². The first kappa shape index (κ1) is 15.7. The molecule has 0 aliphatic heterocycles. The predicted molar refractivity (Wildman–Crippen MR) is 76.7 cm³/mol. The third kappa shape index (κ3) is 2.71. The summed E-state index contributed by atoms with van der Waals surface area (Å²) >= 11 is 5.90. The van der Waals surface area contributed by atoms with Crippen molar-refractivity contribution in [2.75, 3.05) is 0 Å². The van der Waals surface area contributed by atoms with Gasteiger partial charge >= 0.3 is 51.4 Å². The molecule has 0 amide bonds. The van der Waals surface area contributed by atoms with Crippen molar-refractivity contribution in [3.8, 4) is 11.1 Å². The summed E-state index contributed by atoms with van der Waals surface area (Å²) in [6.45, 7) is 0. The fourth-order valence-electron chi connectivity index (χ4n) is 2.43. The average molecular weight is 321 g/mol. The molecule has 0 bridgehead atoms. The van der Waals surface area contributed by atoms with Crippen molar-refractivity contribution >= 4 is 73.1 Å². The van der Waals surface area contributed by atoms with E-state index in [1.54, 1.807) is 6.07 Å². The molecule has 2 aromatic rings. The molecule has 0 fully saturated rings. The van der Waals surface area contributed by atoms with Crippen LogP contribution in [0.4, 0.5) is 0 Å². The molecule has 0 unspecified atom stereocenters. The Hall–Kier alpha value is 0.276. The summed E-state index contributed by atoms with van der Waals surface area (Å²) in [4.78, 5) is -0.169. The summed E-state index contributed by atoms with van der Waals surface area (Å²) in [6.07, 6.45) is 0.473. The van der Waals surface area contributed by atoms with Crippen molar-refractivity contribution in [2.24, 2.45) is 0 Å². The first-order valence-electron chi connectivity index (χ1n) is 5.35. The zero-order chi connectivity index (χ0) is 12.9. The molecule has 0 heterocycles. The third-order valence-corrected chi connectivity index (χ3v) is 4.55. The molecule has 3 nitrogen and oxygen atoms in total. The molecule has 0 saturated heterocycles. The van der Waals surface area contributed by atoms with Crippen LogP contribution >= 0.6 is 11.6 Å². The van der Waals surface area contributed by atoms with Gasteiger partial charge in [0, 0.05) is 6.42 Å². The molecule has 0 aromatic heterocycles. The van der Waals surface area contributed by atoms with Gasteiger partial charge in [0.05, 0.1) is 5.02 Å². The number of fused-ring (bicyclic) bond motifs is 3. The van der Waals surface area contributed by atoms with Gasteiger partial charge in [-0.1, -0.05) is 41.9 Å². The second-order valence-electron chi connectivity index (χ2n) is 4.21. The van der Waals surface area contributed by atoms with Crippen LogP contribution in [0, 0.1) is 0 Å². The van der Waals surface area contributed by atoms with Gasteiger partial charge in [-0.05, 0) is 28.3 Å². The molecule has 2 aromatic carbocycles. The Labute approximate surface area is 159 Å². The van der Waals surface area contributed by atoms with E-state index < -0.39 is 10.1 Å². The van der Waals surface area contributed by atoms with E-state index in [1.165, 1.54) is 6.07 Å². The Morgan fingerprint density at radius 2 is 1.74 bits per heavy atom. The van der Waals surface area contributed by atoms with E-state index in [0.29, 0.717) is 12.0 Å². The van der Waals surface area contributed by atoms with Crippen LogP contribution in [0.5, 0.6) is 0 Å². The number of hydrogen-bond acceptors (Lipinski definition) is 2. The molecule has 0 spiro atoms. The van der Waals surface area contributed by atoms with E-state index in [1.807, 2.05) is 24.3 Å². The van der Waals surface area contributed by atoms with Crippen molar-refractivity contribution < 1.29 is 13.0 Å². The monoisotopic (exact) mass is 320 g/mol. The summed E-state index contributed by atoms with van der Waals surface area (Å²) in [6, 6.07) is 11.0. The summed E-state index contributed by atoms with van der Waals surface area (Å²) in [5, 5.41) is 0.0593. The van der Waals surface area contributed by atoms with Gasteiger partial charge in [0.2, 0.25) is 0 Å². The number of halogens is 1. The zero-order valence-corrected chi connectivity index (χ0v) is 10.8. The van der Waals surface area contributed by atoms with Crippen LogP contribution in [0.25, 0.3) is 11.1 Å².